The van der Waals surface area contributed by atoms with Crippen LogP contribution in [0.5, 0.6) is 0 Å². The highest BCUT2D eigenvalue weighted by molar-refractivity contribution is 7.22. The maximum absolute atomic E-state index is 12.1. The van der Waals surface area contributed by atoms with Crippen molar-refractivity contribution in [3.8, 4) is 9.88 Å². The predicted octanol–water partition coefficient (Wildman–Crippen LogP) is 3.21. The van der Waals surface area contributed by atoms with Gasteiger partial charge in [0.05, 0.1) is 10.6 Å². The molecule has 0 saturated carbocycles. The van der Waals surface area contributed by atoms with Crippen molar-refractivity contribution in [2.75, 3.05) is 19.7 Å². The van der Waals surface area contributed by atoms with Gasteiger partial charge in [-0.15, -0.1) is 22.7 Å². The van der Waals surface area contributed by atoms with Crippen LogP contribution in [-0.2, 0) is 9.53 Å². The summed E-state index contributed by atoms with van der Waals surface area (Å²) in [5, 5.41) is 2.77. The summed E-state index contributed by atoms with van der Waals surface area (Å²) >= 11 is 2.87. The number of carbonyl (C=O) groups is 2. The van der Waals surface area contributed by atoms with Gasteiger partial charge in [-0.3, -0.25) is 4.79 Å². The lowest BCUT2D eigenvalue weighted by molar-refractivity contribution is -0.134. The Morgan fingerprint density at radius 1 is 1.32 bits per heavy atom. The number of esters is 1. The molecule has 0 unspecified atom stereocenters. The molecule has 2 aromatic heterocycles. The molecule has 7 heteroatoms. The Hall–Kier alpha value is -1.73. The topological polar surface area (TPSA) is 59.5 Å². The highest BCUT2D eigenvalue weighted by Gasteiger charge is 2.20. The number of aryl methyl sites for hydroxylation is 1. The summed E-state index contributed by atoms with van der Waals surface area (Å²) < 4.78 is 5.13. The van der Waals surface area contributed by atoms with E-state index in [1.54, 1.807) is 23.2 Å². The van der Waals surface area contributed by atoms with Crippen molar-refractivity contribution < 1.29 is 14.3 Å². The first kappa shape index (κ1) is 16.6. The number of aromatic nitrogens is 1. The zero-order valence-corrected chi connectivity index (χ0v) is 14.4. The van der Waals surface area contributed by atoms with Crippen LogP contribution in [0, 0.1) is 6.92 Å². The fraction of sp³-hybridized carbons (Fsp3) is 0.400. The van der Waals surface area contributed by atoms with E-state index >= 15 is 0 Å². The van der Waals surface area contributed by atoms with Crippen LogP contribution < -0.4 is 0 Å². The molecule has 0 bridgehead atoms. The number of thiophene rings is 1. The van der Waals surface area contributed by atoms with Crippen LogP contribution in [-0.4, -0.2) is 41.5 Å². The molecule has 0 spiro atoms. The summed E-state index contributed by atoms with van der Waals surface area (Å²) in [6.07, 6.45) is 0. The summed E-state index contributed by atoms with van der Waals surface area (Å²) in [5.74, 6) is -0.669. The van der Waals surface area contributed by atoms with Gasteiger partial charge in [-0.05, 0) is 32.2 Å². The lowest BCUT2D eigenvalue weighted by Gasteiger charge is -2.18. The van der Waals surface area contributed by atoms with Crippen molar-refractivity contribution in [3.05, 3.63) is 28.1 Å². The van der Waals surface area contributed by atoms with E-state index in [4.69, 9.17) is 4.74 Å². The molecular formula is C15H18N2O3S2. The van der Waals surface area contributed by atoms with Crippen molar-refractivity contribution in [2.45, 2.75) is 20.8 Å². The molecule has 0 aliphatic carbocycles. The van der Waals surface area contributed by atoms with Crippen LogP contribution in [0.4, 0.5) is 0 Å². The fourth-order valence-corrected chi connectivity index (χ4v) is 3.71. The summed E-state index contributed by atoms with van der Waals surface area (Å²) in [7, 11) is 0. The van der Waals surface area contributed by atoms with Gasteiger partial charge in [0, 0.05) is 13.1 Å². The monoisotopic (exact) mass is 338 g/mol. The van der Waals surface area contributed by atoms with Gasteiger partial charge in [0.1, 0.15) is 9.88 Å². The third-order valence-corrected chi connectivity index (χ3v) is 5.33. The van der Waals surface area contributed by atoms with Gasteiger partial charge >= 0.3 is 5.97 Å². The van der Waals surface area contributed by atoms with Crippen molar-refractivity contribution >= 4 is 34.6 Å². The number of hydrogen-bond donors (Lipinski definition) is 0. The number of amides is 1. The normalized spacial score (nSPS) is 10.5. The molecule has 0 radical (unpaired) electrons. The Bertz CT molecular complexity index is 646. The summed E-state index contributed by atoms with van der Waals surface area (Å²) in [6.45, 7) is 6.54. The van der Waals surface area contributed by atoms with Crippen LogP contribution in [0.2, 0.25) is 0 Å². The highest BCUT2D eigenvalue weighted by Crippen LogP contribution is 2.31. The van der Waals surface area contributed by atoms with Gasteiger partial charge in [0.2, 0.25) is 0 Å². The van der Waals surface area contributed by atoms with Crippen LogP contribution in [0.3, 0.4) is 0 Å². The van der Waals surface area contributed by atoms with E-state index in [0.29, 0.717) is 23.7 Å². The number of ether oxygens (including phenoxy) is 1. The van der Waals surface area contributed by atoms with Crippen molar-refractivity contribution in [3.63, 3.8) is 0 Å². The Kier molecular flexibility index (Phi) is 5.68. The van der Waals surface area contributed by atoms with Crippen molar-refractivity contribution in [2.24, 2.45) is 0 Å². The molecule has 0 aliphatic rings. The first-order chi connectivity index (χ1) is 10.6. The number of rotatable bonds is 6. The van der Waals surface area contributed by atoms with Crippen LogP contribution >= 0.6 is 22.7 Å². The number of likely N-dealkylation sites (N-methyl/N-ethyl adjacent to an activating group) is 1. The van der Waals surface area contributed by atoms with E-state index < -0.39 is 5.97 Å². The largest absolute Gasteiger partial charge is 0.451 e. The molecule has 2 aromatic rings. The molecule has 118 valence electrons. The number of thiazole rings is 1. The van der Waals surface area contributed by atoms with Gasteiger partial charge in [0.25, 0.3) is 5.91 Å². The third-order valence-electron chi connectivity index (χ3n) is 3.16. The predicted molar refractivity (Wildman–Crippen MR) is 88.4 cm³/mol. The van der Waals surface area contributed by atoms with Gasteiger partial charge in [-0.1, -0.05) is 6.07 Å². The Balaban J connectivity index is 2.03. The SMILES string of the molecule is CCN(CC)C(=O)COC(=O)c1sc(-c2cccs2)nc1C. The molecule has 5 nitrogen and oxygen atoms in total. The van der Waals surface area contributed by atoms with E-state index in [2.05, 4.69) is 4.98 Å². The second-order valence-electron chi connectivity index (χ2n) is 4.55. The van der Waals surface area contributed by atoms with E-state index in [1.807, 2.05) is 31.4 Å². The molecule has 1 amide bonds. The van der Waals surface area contributed by atoms with Gasteiger partial charge in [0.15, 0.2) is 6.61 Å². The number of nitrogens with zero attached hydrogens (tertiary/aromatic N) is 2. The maximum atomic E-state index is 12.1. The maximum Gasteiger partial charge on any atom is 0.350 e. The van der Waals surface area contributed by atoms with E-state index in [9.17, 15) is 9.59 Å². The second kappa shape index (κ2) is 7.51. The summed E-state index contributed by atoms with van der Waals surface area (Å²) in [4.78, 5) is 31.5. The van der Waals surface area contributed by atoms with Crippen molar-refractivity contribution in [1.82, 2.24) is 9.88 Å². The minimum Gasteiger partial charge on any atom is -0.451 e. The average Bonchev–Trinajstić information content (AvgIpc) is 3.15. The Morgan fingerprint density at radius 2 is 2.05 bits per heavy atom. The van der Waals surface area contributed by atoms with Crippen LogP contribution in [0.1, 0.15) is 29.2 Å². The lowest BCUT2D eigenvalue weighted by Crippen LogP contribution is -2.34. The first-order valence-electron chi connectivity index (χ1n) is 7.03. The Morgan fingerprint density at radius 3 is 2.64 bits per heavy atom. The standard InChI is InChI=1S/C15H18N2O3S2/c1-4-17(5-2)12(18)9-20-15(19)13-10(3)16-14(22-13)11-7-6-8-21-11/h6-8H,4-5,9H2,1-3H3. The quantitative estimate of drug-likeness (QED) is 0.759. The smallest absolute Gasteiger partial charge is 0.350 e. The first-order valence-corrected chi connectivity index (χ1v) is 8.72. The Labute approximate surface area is 137 Å². The van der Waals surface area contributed by atoms with Gasteiger partial charge in [-0.2, -0.15) is 0 Å². The van der Waals surface area contributed by atoms with Gasteiger partial charge < -0.3 is 9.64 Å². The number of carbonyl (C=O) groups excluding carboxylic acids is 2. The average molecular weight is 338 g/mol. The third kappa shape index (κ3) is 3.72. The van der Waals surface area contributed by atoms with Gasteiger partial charge in [-0.25, -0.2) is 9.78 Å². The minimum atomic E-state index is -0.488. The molecule has 0 saturated heterocycles. The molecular weight excluding hydrogens is 320 g/mol. The summed E-state index contributed by atoms with van der Waals surface area (Å²) in [5.41, 5.74) is 0.633. The molecule has 2 rings (SSSR count). The molecule has 0 fully saturated rings. The van der Waals surface area contributed by atoms with Crippen molar-refractivity contribution in [1.29, 1.82) is 0 Å². The van der Waals surface area contributed by atoms with E-state index in [-0.39, 0.29) is 12.5 Å². The zero-order chi connectivity index (χ0) is 16.1. The van der Waals surface area contributed by atoms with Crippen LogP contribution in [0.25, 0.3) is 9.88 Å². The summed E-state index contributed by atoms with van der Waals surface area (Å²) in [6, 6.07) is 3.90. The minimum absolute atomic E-state index is 0.181. The molecule has 0 aromatic carbocycles. The highest BCUT2D eigenvalue weighted by atomic mass is 32.1. The number of hydrogen-bond acceptors (Lipinski definition) is 6. The zero-order valence-electron chi connectivity index (χ0n) is 12.8. The molecule has 0 N–H and O–H groups in total. The van der Waals surface area contributed by atoms with E-state index in [1.165, 1.54) is 11.3 Å². The molecule has 2 heterocycles. The molecule has 0 aliphatic heterocycles. The molecule has 22 heavy (non-hydrogen) atoms. The van der Waals surface area contributed by atoms with E-state index in [0.717, 1.165) is 9.88 Å². The van der Waals surface area contributed by atoms with Crippen LogP contribution in [0.15, 0.2) is 17.5 Å². The lowest BCUT2D eigenvalue weighted by atomic mass is 10.4. The molecule has 0 atom stereocenters. The fourth-order valence-electron chi connectivity index (χ4n) is 1.95. The second-order valence-corrected chi connectivity index (χ2v) is 6.50.